The van der Waals surface area contributed by atoms with Gasteiger partial charge < -0.3 is 4.90 Å². The largest absolute Gasteiger partial charge is 0.309 e. The fourth-order valence-corrected chi connectivity index (χ4v) is 2.30. The molecule has 0 heterocycles. The van der Waals surface area contributed by atoms with Gasteiger partial charge in [-0.05, 0) is 50.0 Å². The number of rotatable bonds is 3. The van der Waals surface area contributed by atoms with Crippen LogP contribution >= 0.6 is 15.9 Å². The maximum absolute atomic E-state index is 3.46. The van der Waals surface area contributed by atoms with Crippen molar-refractivity contribution in [3.63, 3.8) is 0 Å². The van der Waals surface area contributed by atoms with Crippen LogP contribution in [0.2, 0.25) is 0 Å². The zero-order valence-electron chi connectivity index (χ0n) is 8.70. The topological polar surface area (TPSA) is 3.24 Å². The van der Waals surface area contributed by atoms with Crippen LogP contribution in [0.5, 0.6) is 0 Å². The van der Waals surface area contributed by atoms with E-state index in [0.29, 0.717) is 0 Å². The summed E-state index contributed by atoms with van der Waals surface area (Å²) in [6.45, 7) is 1.22. The average Bonchev–Trinajstić information content (AvgIpc) is 2.84. The van der Waals surface area contributed by atoms with Gasteiger partial charge in [0.25, 0.3) is 0 Å². The van der Waals surface area contributed by atoms with Crippen LogP contribution in [0.1, 0.15) is 17.9 Å². The Morgan fingerprint density at radius 1 is 1.29 bits per heavy atom. The molecular weight excluding hydrogens is 238 g/mol. The highest BCUT2D eigenvalue weighted by molar-refractivity contribution is 9.10. The molecule has 1 aliphatic carbocycles. The van der Waals surface area contributed by atoms with Gasteiger partial charge in [-0.3, -0.25) is 0 Å². The fraction of sp³-hybridized carbons (Fsp3) is 0.500. The number of halogens is 1. The van der Waals surface area contributed by atoms with E-state index in [1.807, 2.05) is 0 Å². The lowest BCUT2D eigenvalue weighted by Gasteiger charge is -2.08. The summed E-state index contributed by atoms with van der Waals surface area (Å²) < 4.78 is 1.17. The van der Waals surface area contributed by atoms with Crippen LogP contribution < -0.4 is 0 Å². The van der Waals surface area contributed by atoms with Gasteiger partial charge in [-0.15, -0.1) is 0 Å². The van der Waals surface area contributed by atoms with Crippen molar-refractivity contribution < 1.29 is 0 Å². The first-order valence-electron chi connectivity index (χ1n) is 5.07. The molecule has 76 valence electrons. The molecule has 2 rings (SSSR count). The Balaban J connectivity index is 1.96. The molecule has 0 spiro atoms. The van der Waals surface area contributed by atoms with Crippen LogP contribution in [0, 0.1) is 5.92 Å². The van der Waals surface area contributed by atoms with Crippen molar-refractivity contribution in [1.29, 1.82) is 0 Å². The summed E-state index contributed by atoms with van der Waals surface area (Å²) in [4.78, 5) is 2.28. The Hall–Kier alpha value is -0.340. The fourth-order valence-electron chi connectivity index (χ4n) is 2.04. The second kappa shape index (κ2) is 4.03. The predicted octanol–water partition coefficient (Wildman–Crippen LogP) is 3.11. The molecule has 0 N–H and O–H groups in total. The van der Waals surface area contributed by atoms with E-state index in [9.17, 15) is 0 Å². The van der Waals surface area contributed by atoms with Gasteiger partial charge in [0, 0.05) is 11.0 Å². The van der Waals surface area contributed by atoms with E-state index in [1.54, 1.807) is 0 Å². The number of hydrogen-bond acceptors (Lipinski definition) is 1. The quantitative estimate of drug-likeness (QED) is 0.801. The van der Waals surface area contributed by atoms with Crippen molar-refractivity contribution in [3.8, 4) is 0 Å². The van der Waals surface area contributed by atoms with Crippen LogP contribution in [0.15, 0.2) is 28.7 Å². The standard InChI is InChI=1S/C12H16BrN/c1-14(2)8-10-7-12(10)9-3-5-11(13)6-4-9/h3-6,10,12H,7-8H2,1-2H3/t10-,12+/m1/s1. The van der Waals surface area contributed by atoms with E-state index in [0.717, 1.165) is 11.8 Å². The smallest absolute Gasteiger partial charge is 0.0175 e. The summed E-state index contributed by atoms with van der Waals surface area (Å²) >= 11 is 3.46. The molecule has 2 heteroatoms. The van der Waals surface area contributed by atoms with Crippen molar-refractivity contribution in [2.45, 2.75) is 12.3 Å². The summed E-state index contributed by atoms with van der Waals surface area (Å²) in [5.41, 5.74) is 1.50. The molecular formula is C12H16BrN. The zero-order valence-corrected chi connectivity index (χ0v) is 10.3. The molecule has 1 saturated carbocycles. The molecule has 0 saturated heterocycles. The van der Waals surface area contributed by atoms with Crippen molar-refractivity contribution in [2.24, 2.45) is 5.92 Å². The number of benzene rings is 1. The highest BCUT2D eigenvalue weighted by Crippen LogP contribution is 2.47. The van der Waals surface area contributed by atoms with Gasteiger partial charge in [-0.25, -0.2) is 0 Å². The van der Waals surface area contributed by atoms with Crippen molar-refractivity contribution in [3.05, 3.63) is 34.3 Å². The summed E-state index contributed by atoms with van der Waals surface area (Å²) in [5.74, 6) is 1.69. The highest BCUT2D eigenvalue weighted by Gasteiger charge is 2.37. The second-order valence-corrected chi connectivity index (χ2v) is 5.33. The average molecular weight is 254 g/mol. The molecule has 2 atom stereocenters. The molecule has 14 heavy (non-hydrogen) atoms. The van der Waals surface area contributed by atoms with Crippen LogP contribution in [0.25, 0.3) is 0 Å². The molecule has 0 unspecified atom stereocenters. The van der Waals surface area contributed by atoms with Crippen LogP contribution in [-0.4, -0.2) is 25.5 Å². The lowest BCUT2D eigenvalue weighted by atomic mass is 10.1. The normalized spacial score (nSPS) is 25.4. The Bertz CT molecular complexity index is 305. The minimum Gasteiger partial charge on any atom is -0.309 e. The number of nitrogens with zero attached hydrogens (tertiary/aromatic N) is 1. The summed E-state index contributed by atoms with van der Waals surface area (Å²) in [7, 11) is 4.30. The van der Waals surface area contributed by atoms with Crippen molar-refractivity contribution >= 4 is 15.9 Å². The Labute approximate surface area is 94.2 Å². The monoisotopic (exact) mass is 253 g/mol. The first-order valence-corrected chi connectivity index (χ1v) is 5.86. The van der Waals surface area contributed by atoms with Gasteiger partial charge in [0.1, 0.15) is 0 Å². The van der Waals surface area contributed by atoms with E-state index >= 15 is 0 Å². The third kappa shape index (κ3) is 2.37. The third-order valence-electron chi connectivity index (χ3n) is 2.82. The SMILES string of the molecule is CN(C)C[C@H]1C[C@H]1c1ccc(Br)cc1. The molecule has 1 aromatic carbocycles. The summed E-state index contributed by atoms with van der Waals surface area (Å²) in [6.07, 6.45) is 1.36. The van der Waals surface area contributed by atoms with Crippen LogP contribution in [0.3, 0.4) is 0 Å². The lowest BCUT2D eigenvalue weighted by Crippen LogP contribution is -2.15. The molecule has 0 aliphatic heterocycles. The molecule has 0 aromatic heterocycles. The van der Waals surface area contributed by atoms with E-state index in [-0.39, 0.29) is 0 Å². The van der Waals surface area contributed by atoms with Crippen LogP contribution in [0.4, 0.5) is 0 Å². The first kappa shape index (κ1) is 10.2. The lowest BCUT2D eigenvalue weighted by molar-refractivity contribution is 0.385. The molecule has 0 bridgehead atoms. The molecule has 1 aromatic rings. The Kier molecular flexibility index (Phi) is 2.93. The number of hydrogen-bond donors (Lipinski definition) is 0. The minimum atomic E-state index is 0.811. The highest BCUT2D eigenvalue weighted by atomic mass is 79.9. The third-order valence-corrected chi connectivity index (χ3v) is 3.35. The Morgan fingerprint density at radius 2 is 1.93 bits per heavy atom. The second-order valence-electron chi connectivity index (χ2n) is 4.42. The molecule has 0 radical (unpaired) electrons. The van der Waals surface area contributed by atoms with E-state index in [4.69, 9.17) is 0 Å². The van der Waals surface area contributed by atoms with E-state index < -0.39 is 0 Å². The van der Waals surface area contributed by atoms with Gasteiger partial charge >= 0.3 is 0 Å². The van der Waals surface area contributed by atoms with E-state index in [1.165, 1.54) is 23.0 Å². The van der Waals surface area contributed by atoms with Gasteiger partial charge in [0.15, 0.2) is 0 Å². The first-order chi connectivity index (χ1) is 6.66. The van der Waals surface area contributed by atoms with Crippen molar-refractivity contribution in [2.75, 3.05) is 20.6 Å². The molecule has 1 aliphatic rings. The predicted molar refractivity (Wildman–Crippen MR) is 63.5 cm³/mol. The van der Waals surface area contributed by atoms with E-state index in [2.05, 4.69) is 59.2 Å². The van der Waals surface area contributed by atoms with Gasteiger partial charge in [-0.1, -0.05) is 28.1 Å². The molecule has 0 amide bonds. The van der Waals surface area contributed by atoms with Gasteiger partial charge in [0.05, 0.1) is 0 Å². The van der Waals surface area contributed by atoms with Crippen molar-refractivity contribution in [1.82, 2.24) is 4.90 Å². The summed E-state index contributed by atoms with van der Waals surface area (Å²) in [5, 5.41) is 0. The molecule has 1 fully saturated rings. The maximum Gasteiger partial charge on any atom is 0.0175 e. The maximum atomic E-state index is 3.46. The minimum absolute atomic E-state index is 0.811. The van der Waals surface area contributed by atoms with Gasteiger partial charge in [0.2, 0.25) is 0 Å². The summed E-state index contributed by atoms with van der Waals surface area (Å²) in [6, 6.07) is 8.76. The molecule has 1 nitrogen and oxygen atoms in total. The zero-order chi connectivity index (χ0) is 10.1. The van der Waals surface area contributed by atoms with Gasteiger partial charge in [-0.2, -0.15) is 0 Å². The van der Waals surface area contributed by atoms with Crippen LogP contribution in [-0.2, 0) is 0 Å². The Morgan fingerprint density at radius 3 is 2.50 bits per heavy atom.